The van der Waals surface area contributed by atoms with Crippen LogP contribution in [0.1, 0.15) is 45.4 Å². The van der Waals surface area contributed by atoms with Crippen LogP contribution in [-0.2, 0) is 0 Å². The number of nitrogens with zero attached hydrogens (tertiary/aromatic N) is 2. The molecule has 0 N–H and O–H groups in total. The fourth-order valence-corrected chi connectivity index (χ4v) is 3.60. The second kappa shape index (κ2) is 4.06. The summed E-state index contributed by atoms with van der Waals surface area (Å²) in [4.78, 5) is 5.57. The summed E-state index contributed by atoms with van der Waals surface area (Å²) in [5.74, 6) is 0. The first kappa shape index (κ1) is 10.1. The number of fused-ring (bicyclic) bond motifs is 1. The normalized spacial score (nSPS) is 39.8. The Balaban J connectivity index is 1.65. The summed E-state index contributed by atoms with van der Waals surface area (Å²) >= 11 is 0. The van der Waals surface area contributed by atoms with Crippen molar-refractivity contribution in [3.63, 3.8) is 0 Å². The summed E-state index contributed by atoms with van der Waals surface area (Å²) in [5.41, 5.74) is 0. The maximum atomic E-state index is 2.82. The van der Waals surface area contributed by atoms with E-state index < -0.39 is 0 Å². The summed E-state index contributed by atoms with van der Waals surface area (Å²) in [6, 6.07) is 2.66. The molecule has 2 aliphatic heterocycles. The van der Waals surface area contributed by atoms with Crippen molar-refractivity contribution in [1.29, 1.82) is 0 Å². The van der Waals surface area contributed by atoms with E-state index in [2.05, 4.69) is 16.7 Å². The monoisotopic (exact) mass is 208 g/mol. The van der Waals surface area contributed by atoms with Gasteiger partial charge in [-0.2, -0.15) is 0 Å². The highest BCUT2D eigenvalue weighted by Crippen LogP contribution is 2.31. The van der Waals surface area contributed by atoms with Crippen LogP contribution in [0.2, 0.25) is 0 Å². The Hall–Kier alpha value is -0.0800. The Kier molecular flexibility index (Phi) is 2.73. The highest BCUT2D eigenvalue weighted by atomic mass is 15.3. The molecule has 1 aliphatic carbocycles. The van der Waals surface area contributed by atoms with E-state index in [1.54, 1.807) is 0 Å². The van der Waals surface area contributed by atoms with E-state index in [9.17, 15) is 0 Å². The van der Waals surface area contributed by atoms with E-state index in [-0.39, 0.29) is 0 Å². The van der Waals surface area contributed by atoms with Gasteiger partial charge in [-0.3, -0.25) is 9.80 Å². The van der Waals surface area contributed by atoms with E-state index in [1.807, 2.05) is 0 Å². The van der Waals surface area contributed by atoms with Crippen molar-refractivity contribution in [2.24, 2.45) is 0 Å². The van der Waals surface area contributed by atoms with E-state index >= 15 is 0 Å². The molecular formula is C13H24N2. The zero-order chi connectivity index (χ0) is 10.3. The van der Waals surface area contributed by atoms with Crippen molar-refractivity contribution in [2.45, 2.75) is 63.6 Å². The molecule has 2 atom stereocenters. The second-order valence-corrected chi connectivity index (χ2v) is 5.78. The van der Waals surface area contributed by atoms with Crippen molar-refractivity contribution in [2.75, 3.05) is 19.6 Å². The fourth-order valence-electron chi connectivity index (χ4n) is 3.60. The van der Waals surface area contributed by atoms with Crippen LogP contribution in [0, 0.1) is 0 Å². The Morgan fingerprint density at radius 3 is 2.40 bits per heavy atom. The van der Waals surface area contributed by atoms with Crippen LogP contribution < -0.4 is 0 Å². The maximum absolute atomic E-state index is 2.82. The maximum Gasteiger partial charge on any atom is 0.0224 e. The average molecular weight is 208 g/mol. The lowest BCUT2D eigenvalue weighted by molar-refractivity contribution is -0.0261. The lowest BCUT2D eigenvalue weighted by atomic mass is 9.87. The minimum atomic E-state index is 0.810. The lowest BCUT2D eigenvalue weighted by Crippen LogP contribution is -2.62. The molecule has 2 heteroatoms. The Morgan fingerprint density at radius 2 is 1.67 bits per heavy atom. The van der Waals surface area contributed by atoms with Gasteiger partial charge in [0.15, 0.2) is 0 Å². The minimum absolute atomic E-state index is 0.810. The summed E-state index contributed by atoms with van der Waals surface area (Å²) < 4.78 is 0. The van der Waals surface area contributed by atoms with Gasteiger partial charge in [0.1, 0.15) is 0 Å². The third kappa shape index (κ3) is 1.83. The Bertz CT molecular complexity index is 225. The Labute approximate surface area is 93.6 Å². The number of piperazine rings is 1. The van der Waals surface area contributed by atoms with Crippen LogP contribution in [-0.4, -0.2) is 47.6 Å². The third-order valence-electron chi connectivity index (χ3n) is 4.78. The highest BCUT2D eigenvalue weighted by Gasteiger charge is 2.37. The van der Waals surface area contributed by atoms with Gasteiger partial charge in [-0.05, 0) is 39.2 Å². The predicted octanol–water partition coefficient (Wildman–Crippen LogP) is 2.10. The molecular weight excluding hydrogens is 184 g/mol. The molecule has 0 amide bonds. The van der Waals surface area contributed by atoms with E-state index in [0.29, 0.717) is 0 Å². The first-order valence-electron chi connectivity index (χ1n) is 6.84. The molecule has 0 aromatic heterocycles. The smallest absolute Gasteiger partial charge is 0.0224 e. The molecule has 15 heavy (non-hydrogen) atoms. The molecule has 2 unspecified atom stereocenters. The van der Waals surface area contributed by atoms with Gasteiger partial charge in [-0.1, -0.05) is 12.8 Å². The van der Waals surface area contributed by atoms with E-state index in [0.717, 1.165) is 18.1 Å². The van der Waals surface area contributed by atoms with Crippen molar-refractivity contribution in [3.05, 3.63) is 0 Å². The lowest BCUT2D eigenvalue weighted by Gasteiger charge is -2.52. The fraction of sp³-hybridized carbons (Fsp3) is 1.00. The van der Waals surface area contributed by atoms with E-state index in [1.165, 1.54) is 58.2 Å². The summed E-state index contributed by atoms with van der Waals surface area (Å²) in [7, 11) is 0. The van der Waals surface area contributed by atoms with Gasteiger partial charge < -0.3 is 0 Å². The summed E-state index contributed by atoms with van der Waals surface area (Å²) in [6.45, 7) is 6.50. The van der Waals surface area contributed by atoms with Crippen LogP contribution >= 0.6 is 0 Å². The van der Waals surface area contributed by atoms with Crippen LogP contribution in [0.5, 0.6) is 0 Å². The van der Waals surface area contributed by atoms with Crippen molar-refractivity contribution >= 4 is 0 Å². The number of rotatable bonds is 1. The first-order valence-corrected chi connectivity index (χ1v) is 6.84. The predicted molar refractivity (Wildman–Crippen MR) is 63.0 cm³/mol. The van der Waals surface area contributed by atoms with Gasteiger partial charge >= 0.3 is 0 Å². The molecule has 0 aromatic carbocycles. The Morgan fingerprint density at radius 1 is 0.867 bits per heavy atom. The third-order valence-corrected chi connectivity index (χ3v) is 4.78. The quantitative estimate of drug-likeness (QED) is 0.651. The first-order chi connectivity index (χ1) is 7.34. The molecule has 3 rings (SSSR count). The molecule has 0 aromatic rings. The zero-order valence-corrected chi connectivity index (χ0v) is 9.99. The number of hydrogen-bond donors (Lipinski definition) is 0. The van der Waals surface area contributed by atoms with Crippen LogP contribution in [0.25, 0.3) is 0 Å². The highest BCUT2D eigenvalue weighted by molar-refractivity contribution is 4.93. The zero-order valence-electron chi connectivity index (χ0n) is 9.99. The van der Waals surface area contributed by atoms with Gasteiger partial charge in [0.05, 0.1) is 0 Å². The SMILES string of the molecule is CC1CN2CCCCC2CN1C1CCC1. The average Bonchev–Trinajstić information content (AvgIpc) is 2.16. The largest absolute Gasteiger partial charge is 0.298 e. The van der Waals surface area contributed by atoms with E-state index in [4.69, 9.17) is 0 Å². The van der Waals surface area contributed by atoms with Crippen LogP contribution in [0.15, 0.2) is 0 Å². The number of hydrogen-bond acceptors (Lipinski definition) is 2. The van der Waals surface area contributed by atoms with Gasteiger partial charge in [-0.25, -0.2) is 0 Å². The second-order valence-electron chi connectivity index (χ2n) is 5.78. The topological polar surface area (TPSA) is 6.48 Å². The summed E-state index contributed by atoms with van der Waals surface area (Å²) in [5, 5.41) is 0. The molecule has 3 aliphatic rings. The van der Waals surface area contributed by atoms with Gasteiger partial charge in [0.2, 0.25) is 0 Å². The molecule has 0 radical (unpaired) electrons. The molecule has 0 spiro atoms. The summed E-state index contributed by atoms with van der Waals surface area (Å²) in [6.07, 6.45) is 8.77. The standard InChI is InChI=1S/C13H24N2/c1-11-9-14-8-3-2-5-13(14)10-15(11)12-6-4-7-12/h11-13H,2-10H2,1H3. The van der Waals surface area contributed by atoms with Crippen LogP contribution in [0.3, 0.4) is 0 Å². The molecule has 86 valence electrons. The van der Waals surface area contributed by atoms with Gasteiger partial charge in [-0.15, -0.1) is 0 Å². The molecule has 1 saturated carbocycles. The van der Waals surface area contributed by atoms with Crippen LogP contribution in [0.4, 0.5) is 0 Å². The molecule has 0 bridgehead atoms. The van der Waals surface area contributed by atoms with Gasteiger partial charge in [0, 0.05) is 31.2 Å². The van der Waals surface area contributed by atoms with Crippen molar-refractivity contribution < 1.29 is 0 Å². The molecule has 2 saturated heterocycles. The van der Waals surface area contributed by atoms with Gasteiger partial charge in [0.25, 0.3) is 0 Å². The van der Waals surface area contributed by atoms with Crippen molar-refractivity contribution in [1.82, 2.24) is 9.80 Å². The minimum Gasteiger partial charge on any atom is -0.298 e. The molecule has 3 fully saturated rings. The molecule has 2 heterocycles. The number of piperidine rings is 1. The van der Waals surface area contributed by atoms with Crippen molar-refractivity contribution in [3.8, 4) is 0 Å². The molecule has 2 nitrogen and oxygen atoms in total.